The third-order valence-corrected chi connectivity index (χ3v) is 6.85. The Morgan fingerprint density at radius 2 is 1.81 bits per heavy atom. The molecule has 2 aliphatic rings. The molecular weight excluding hydrogens is 284 g/mol. The van der Waals surface area contributed by atoms with Crippen LogP contribution in [0.4, 0.5) is 0 Å². The molecule has 1 aliphatic heterocycles. The molecule has 1 saturated carbocycles. The van der Waals surface area contributed by atoms with E-state index >= 15 is 0 Å². The number of rotatable bonds is 6. The van der Waals surface area contributed by atoms with Crippen LogP contribution in [0.1, 0.15) is 59.3 Å². The zero-order chi connectivity index (χ0) is 15.5. The monoisotopic (exact) mass is 316 g/mol. The Balaban J connectivity index is 1.79. The number of nitrogens with zero attached hydrogens (tertiary/aromatic N) is 1. The third-order valence-electron chi connectivity index (χ3n) is 4.89. The van der Waals surface area contributed by atoms with E-state index in [9.17, 15) is 8.42 Å². The summed E-state index contributed by atoms with van der Waals surface area (Å²) in [5.41, 5.74) is 0.286. The van der Waals surface area contributed by atoms with Crippen molar-refractivity contribution in [2.75, 3.05) is 25.4 Å². The minimum atomic E-state index is -3.06. The average molecular weight is 317 g/mol. The first-order chi connectivity index (χ1) is 9.79. The quantitative estimate of drug-likeness (QED) is 0.766. The number of hydrogen-bond donors (Lipinski definition) is 1. The Kier molecular flexibility index (Phi) is 5.71. The van der Waals surface area contributed by atoms with Gasteiger partial charge in [0.1, 0.15) is 0 Å². The molecule has 5 heteroatoms. The van der Waals surface area contributed by atoms with Crippen molar-refractivity contribution in [3.05, 3.63) is 0 Å². The maximum atomic E-state index is 12.5. The highest BCUT2D eigenvalue weighted by atomic mass is 32.2. The van der Waals surface area contributed by atoms with Crippen LogP contribution in [-0.4, -0.2) is 44.2 Å². The summed E-state index contributed by atoms with van der Waals surface area (Å²) in [6.45, 7) is 9.07. The highest BCUT2D eigenvalue weighted by molar-refractivity contribution is 7.89. The molecule has 1 N–H and O–H groups in total. The van der Waals surface area contributed by atoms with E-state index in [2.05, 4.69) is 26.1 Å². The molecule has 21 heavy (non-hydrogen) atoms. The molecule has 0 radical (unpaired) electrons. The van der Waals surface area contributed by atoms with Crippen molar-refractivity contribution in [1.29, 1.82) is 0 Å². The van der Waals surface area contributed by atoms with Crippen LogP contribution in [0.15, 0.2) is 0 Å². The molecule has 1 aliphatic carbocycles. The van der Waals surface area contributed by atoms with Crippen molar-refractivity contribution in [2.24, 2.45) is 11.3 Å². The average Bonchev–Trinajstić information content (AvgIpc) is 3.19. The van der Waals surface area contributed by atoms with E-state index in [1.54, 1.807) is 4.31 Å². The van der Waals surface area contributed by atoms with Gasteiger partial charge in [-0.3, -0.25) is 0 Å². The summed E-state index contributed by atoms with van der Waals surface area (Å²) in [5.74, 6) is 0.932. The van der Waals surface area contributed by atoms with Gasteiger partial charge in [-0.2, -0.15) is 0 Å². The first-order valence-corrected chi connectivity index (χ1v) is 10.1. The largest absolute Gasteiger partial charge is 0.314 e. The molecule has 1 unspecified atom stereocenters. The maximum absolute atomic E-state index is 12.5. The van der Waals surface area contributed by atoms with Crippen LogP contribution in [0.5, 0.6) is 0 Å². The minimum absolute atomic E-state index is 0.286. The SMILES string of the molecule is CC(C)(C)C1CCCN(S(=O)(=O)CCCNC2CC2)CC1. The second kappa shape index (κ2) is 6.97. The normalized spacial score (nSPS) is 25.8. The Hall–Kier alpha value is -0.130. The fourth-order valence-electron chi connectivity index (χ4n) is 3.19. The van der Waals surface area contributed by atoms with Crippen LogP contribution in [-0.2, 0) is 10.0 Å². The second-order valence-electron chi connectivity index (χ2n) is 7.79. The van der Waals surface area contributed by atoms with Gasteiger partial charge in [0.05, 0.1) is 5.75 Å². The highest BCUT2D eigenvalue weighted by Gasteiger charge is 2.30. The van der Waals surface area contributed by atoms with Gasteiger partial charge in [0.25, 0.3) is 0 Å². The molecular formula is C16H32N2O2S. The summed E-state index contributed by atoms with van der Waals surface area (Å²) in [5, 5.41) is 3.39. The summed E-state index contributed by atoms with van der Waals surface area (Å²) in [4.78, 5) is 0. The molecule has 0 bridgehead atoms. The van der Waals surface area contributed by atoms with Crippen molar-refractivity contribution >= 4 is 10.0 Å². The summed E-state index contributed by atoms with van der Waals surface area (Å²) in [7, 11) is -3.06. The van der Waals surface area contributed by atoms with Crippen LogP contribution in [0.3, 0.4) is 0 Å². The van der Waals surface area contributed by atoms with E-state index < -0.39 is 10.0 Å². The number of hydrogen-bond acceptors (Lipinski definition) is 3. The number of nitrogens with one attached hydrogen (secondary N) is 1. The molecule has 2 rings (SSSR count). The topological polar surface area (TPSA) is 49.4 Å². The Labute approximate surface area is 130 Å². The van der Waals surface area contributed by atoms with Gasteiger partial charge < -0.3 is 5.32 Å². The number of sulfonamides is 1. The highest BCUT2D eigenvalue weighted by Crippen LogP contribution is 2.34. The van der Waals surface area contributed by atoms with Gasteiger partial charge in [-0.25, -0.2) is 12.7 Å². The third kappa shape index (κ3) is 5.53. The van der Waals surface area contributed by atoms with E-state index in [0.717, 1.165) is 32.2 Å². The lowest BCUT2D eigenvalue weighted by Crippen LogP contribution is -2.35. The predicted molar refractivity (Wildman–Crippen MR) is 87.8 cm³/mol. The van der Waals surface area contributed by atoms with Gasteiger partial charge in [-0.15, -0.1) is 0 Å². The summed E-state index contributed by atoms with van der Waals surface area (Å²) in [6.07, 6.45) is 6.40. The second-order valence-corrected chi connectivity index (χ2v) is 9.88. The van der Waals surface area contributed by atoms with Crippen LogP contribution in [0.25, 0.3) is 0 Å². The molecule has 0 aromatic carbocycles. The smallest absolute Gasteiger partial charge is 0.214 e. The van der Waals surface area contributed by atoms with Crippen LogP contribution in [0, 0.1) is 11.3 Å². The zero-order valence-corrected chi connectivity index (χ0v) is 14.7. The van der Waals surface area contributed by atoms with Crippen molar-refractivity contribution in [1.82, 2.24) is 9.62 Å². The van der Waals surface area contributed by atoms with Gasteiger partial charge >= 0.3 is 0 Å². The molecule has 4 nitrogen and oxygen atoms in total. The standard InChI is InChI=1S/C16H32N2O2S/c1-16(2,3)14-6-4-11-18(12-9-14)21(19,20)13-5-10-17-15-7-8-15/h14-15,17H,4-13H2,1-3H3. The molecule has 1 heterocycles. The van der Waals surface area contributed by atoms with Gasteiger partial charge in [-0.05, 0) is 56.4 Å². The van der Waals surface area contributed by atoms with Gasteiger partial charge in [0.15, 0.2) is 0 Å². The molecule has 0 amide bonds. The minimum Gasteiger partial charge on any atom is -0.314 e. The van der Waals surface area contributed by atoms with Crippen molar-refractivity contribution < 1.29 is 8.42 Å². The lowest BCUT2D eigenvalue weighted by molar-refractivity contribution is 0.217. The predicted octanol–water partition coefficient (Wildman–Crippen LogP) is 2.61. The molecule has 1 saturated heterocycles. The first kappa shape index (κ1) is 17.2. The van der Waals surface area contributed by atoms with Gasteiger partial charge in [0.2, 0.25) is 10.0 Å². The van der Waals surface area contributed by atoms with Crippen molar-refractivity contribution in [2.45, 2.75) is 65.3 Å². The summed E-state index contributed by atoms with van der Waals surface area (Å²) >= 11 is 0. The molecule has 124 valence electrons. The molecule has 2 fully saturated rings. The van der Waals surface area contributed by atoms with E-state index in [1.165, 1.54) is 12.8 Å². The summed E-state index contributed by atoms with van der Waals surface area (Å²) < 4.78 is 26.7. The first-order valence-electron chi connectivity index (χ1n) is 8.50. The van der Waals surface area contributed by atoms with Crippen LogP contribution >= 0.6 is 0 Å². The Morgan fingerprint density at radius 1 is 1.10 bits per heavy atom. The lowest BCUT2D eigenvalue weighted by Gasteiger charge is -2.29. The van der Waals surface area contributed by atoms with E-state index in [0.29, 0.717) is 30.8 Å². The van der Waals surface area contributed by atoms with E-state index in [1.807, 2.05) is 0 Å². The Bertz CT molecular complexity index is 424. The van der Waals surface area contributed by atoms with Gasteiger partial charge in [-0.1, -0.05) is 20.8 Å². The molecule has 0 aromatic heterocycles. The molecule has 0 spiro atoms. The molecule has 1 atom stereocenters. The van der Waals surface area contributed by atoms with E-state index in [-0.39, 0.29) is 5.41 Å². The molecule has 0 aromatic rings. The van der Waals surface area contributed by atoms with Crippen molar-refractivity contribution in [3.63, 3.8) is 0 Å². The fourth-order valence-corrected chi connectivity index (χ4v) is 4.75. The fraction of sp³-hybridized carbons (Fsp3) is 1.00. The van der Waals surface area contributed by atoms with Gasteiger partial charge in [0, 0.05) is 19.1 Å². The van der Waals surface area contributed by atoms with Crippen LogP contribution in [0.2, 0.25) is 0 Å². The zero-order valence-electron chi connectivity index (χ0n) is 13.9. The Morgan fingerprint density at radius 3 is 2.43 bits per heavy atom. The maximum Gasteiger partial charge on any atom is 0.214 e. The van der Waals surface area contributed by atoms with E-state index in [4.69, 9.17) is 0 Å². The lowest BCUT2D eigenvalue weighted by atomic mass is 9.77. The van der Waals surface area contributed by atoms with Crippen molar-refractivity contribution in [3.8, 4) is 0 Å². The van der Waals surface area contributed by atoms with Crippen LogP contribution < -0.4 is 5.32 Å². The summed E-state index contributed by atoms with van der Waals surface area (Å²) in [6, 6.07) is 0.665.